The summed E-state index contributed by atoms with van der Waals surface area (Å²) in [4.78, 5) is 25.9. The summed E-state index contributed by atoms with van der Waals surface area (Å²) >= 11 is 3.37. The van der Waals surface area contributed by atoms with Gasteiger partial charge >= 0.3 is 0 Å². The molecule has 0 aliphatic heterocycles. The van der Waals surface area contributed by atoms with E-state index in [1.54, 1.807) is 42.5 Å². The second-order valence-corrected chi connectivity index (χ2v) is 7.30. The number of ether oxygens (including phenoxy) is 1. The summed E-state index contributed by atoms with van der Waals surface area (Å²) in [5.41, 5.74) is 1.34. The lowest BCUT2D eigenvalue weighted by Crippen LogP contribution is -2.14. The number of benzene rings is 3. The Morgan fingerprint density at radius 2 is 1.70 bits per heavy atom. The average Bonchev–Trinajstić information content (AvgIpc) is 3.12. The standard InChI is InChI=1S/C23H15BrFNO4/c1-29-19-11-8-14(12-17(19)24)21(27)22-20(16-4-2-3-5-18(16)30-22)26-23(28)13-6-9-15(25)10-7-13/h2-12H,1H3,(H,26,28). The molecule has 0 unspecified atom stereocenters. The number of hydrogen-bond donors (Lipinski definition) is 1. The van der Waals surface area contributed by atoms with Crippen LogP contribution in [-0.2, 0) is 0 Å². The average molecular weight is 468 g/mol. The lowest BCUT2D eigenvalue weighted by molar-refractivity contribution is 0.101. The number of hydrogen-bond acceptors (Lipinski definition) is 4. The summed E-state index contributed by atoms with van der Waals surface area (Å²) in [6, 6.07) is 17.1. The lowest BCUT2D eigenvalue weighted by Gasteiger charge is -2.08. The molecule has 3 aromatic carbocycles. The van der Waals surface area contributed by atoms with Gasteiger partial charge in [-0.1, -0.05) is 12.1 Å². The molecule has 0 bridgehead atoms. The molecule has 0 aliphatic carbocycles. The van der Waals surface area contributed by atoms with E-state index in [2.05, 4.69) is 21.2 Å². The van der Waals surface area contributed by atoms with Gasteiger partial charge in [-0.05, 0) is 70.5 Å². The van der Waals surface area contributed by atoms with Crippen LogP contribution < -0.4 is 10.1 Å². The predicted molar refractivity (Wildman–Crippen MR) is 115 cm³/mol. The van der Waals surface area contributed by atoms with Crippen LogP contribution in [0.4, 0.5) is 10.1 Å². The van der Waals surface area contributed by atoms with E-state index < -0.39 is 17.5 Å². The maximum Gasteiger partial charge on any atom is 0.255 e. The van der Waals surface area contributed by atoms with E-state index in [0.717, 1.165) is 0 Å². The molecule has 150 valence electrons. The number of carbonyl (C=O) groups is 2. The van der Waals surface area contributed by atoms with E-state index in [0.29, 0.717) is 26.8 Å². The second kappa shape index (κ2) is 8.12. The molecule has 1 N–H and O–H groups in total. The number of fused-ring (bicyclic) bond motifs is 1. The van der Waals surface area contributed by atoms with Gasteiger partial charge in [0, 0.05) is 16.5 Å². The van der Waals surface area contributed by atoms with Crippen molar-refractivity contribution in [3.8, 4) is 5.75 Å². The number of amides is 1. The first-order valence-electron chi connectivity index (χ1n) is 8.94. The van der Waals surface area contributed by atoms with E-state index in [1.165, 1.54) is 31.4 Å². The zero-order valence-corrected chi connectivity index (χ0v) is 17.3. The molecule has 1 heterocycles. The topological polar surface area (TPSA) is 68.5 Å². The normalized spacial score (nSPS) is 10.8. The summed E-state index contributed by atoms with van der Waals surface area (Å²) in [5, 5.41) is 3.33. The Morgan fingerprint density at radius 1 is 1.00 bits per heavy atom. The van der Waals surface area contributed by atoms with Crippen molar-refractivity contribution in [1.29, 1.82) is 0 Å². The van der Waals surface area contributed by atoms with Gasteiger partial charge in [0.15, 0.2) is 5.76 Å². The molecular formula is C23H15BrFNO4. The minimum absolute atomic E-state index is 0.00345. The van der Waals surface area contributed by atoms with Crippen molar-refractivity contribution in [2.45, 2.75) is 0 Å². The van der Waals surface area contributed by atoms with Crippen LogP contribution in [-0.4, -0.2) is 18.8 Å². The number of ketones is 1. The summed E-state index contributed by atoms with van der Waals surface area (Å²) < 4.78 is 24.8. The number of carbonyl (C=O) groups excluding carboxylic acids is 2. The largest absolute Gasteiger partial charge is 0.496 e. The minimum Gasteiger partial charge on any atom is -0.496 e. The third kappa shape index (κ3) is 3.71. The SMILES string of the molecule is COc1ccc(C(=O)c2oc3ccccc3c2NC(=O)c2ccc(F)cc2)cc1Br. The Bertz CT molecular complexity index is 1260. The molecule has 0 saturated carbocycles. The summed E-state index contributed by atoms with van der Waals surface area (Å²) in [5.74, 6) is -0.735. The van der Waals surface area contributed by atoms with Gasteiger partial charge in [0.25, 0.3) is 5.91 Å². The van der Waals surface area contributed by atoms with Crippen molar-refractivity contribution >= 4 is 44.3 Å². The molecule has 0 aliphatic rings. The fourth-order valence-corrected chi connectivity index (χ4v) is 3.60. The van der Waals surface area contributed by atoms with E-state index in [-0.39, 0.29) is 17.0 Å². The fourth-order valence-electron chi connectivity index (χ4n) is 3.06. The van der Waals surface area contributed by atoms with Crippen molar-refractivity contribution < 1.29 is 23.1 Å². The molecule has 4 aromatic rings. The van der Waals surface area contributed by atoms with Gasteiger partial charge in [-0.2, -0.15) is 0 Å². The first-order valence-corrected chi connectivity index (χ1v) is 9.74. The Labute approximate surface area is 179 Å². The van der Waals surface area contributed by atoms with Crippen LogP contribution in [0, 0.1) is 5.82 Å². The highest BCUT2D eigenvalue weighted by Crippen LogP contribution is 2.34. The smallest absolute Gasteiger partial charge is 0.255 e. The van der Waals surface area contributed by atoms with Crippen molar-refractivity contribution in [3.05, 3.63) is 93.9 Å². The van der Waals surface area contributed by atoms with E-state index in [1.807, 2.05) is 0 Å². The minimum atomic E-state index is -0.480. The molecule has 0 fully saturated rings. The number of rotatable bonds is 5. The van der Waals surface area contributed by atoms with E-state index in [4.69, 9.17) is 9.15 Å². The Balaban J connectivity index is 1.76. The van der Waals surface area contributed by atoms with Crippen LogP contribution in [0.15, 0.2) is 75.6 Å². The summed E-state index contributed by atoms with van der Waals surface area (Å²) in [7, 11) is 1.53. The third-order valence-corrected chi connectivity index (χ3v) is 5.18. The fraction of sp³-hybridized carbons (Fsp3) is 0.0435. The van der Waals surface area contributed by atoms with E-state index in [9.17, 15) is 14.0 Å². The first kappa shape index (κ1) is 19.8. The molecule has 7 heteroatoms. The van der Waals surface area contributed by atoms with Gasteiger partial charge in [0.1, 0.15) is 17.1 Å². The monoisotopic (exact) mass is 467 g/mol. The maximum absolute atomic E-state index is 13.2. The number of anilines is 1. The quantitative estimate of drug-likeness (QED) is 0.375. The lowest BCUT2D eigenvalue weighted by atomic mass is 10.1. The molecular weight excluding hydrogens is 453 g/mol. The molecule has 5 nitrogen and oxygen atoms in total. The molecule has 0 spiro atoms. The molecule has 1 amide bonds. The van der Waals surface area contributed by atoms with Gasteiger partial charge in [-0.3, -0.25) is 9.59 Å². The van der Waals surface area contributed by atoms with Crippen LogP contribution in [0.1, 0.15) is 26.5 Å². The number of furan rings is 1. The Kier molecular flexibility index (Phi) is 5.37. The Hall–Kier alpha value is -3.45. The van der Waals surface area contributed by atoms with Gasteiger partial charge < -0.3 is 14.5 Å². The van der Waals surface area contributed by atoms with Gasteiger partial charge in [0.2, 0.25) is 5.78 Å². The van der Waals surface area contributed by atoms with Crippen molar-refractivity contribution in [2.24, 2.45) is 0 Å². The number of halogens is 2. The van der Waals surface area contributed by atoms with Crippen LogP contribution in [0.25, 0.3) is 11.0 Å². The van der Waals surface area contributed by atoms with Crippen molar-refractivity contribution in [3.63, 3.8) is 0 Å². The van der Waals surface area contributed by atoms with Gasteiger partial charge in [-0.25, -0.2) is 4.39 Å². The molecule has 0 atom stereocenters. The van der Waals surface area contributed by atoms with E-state index >= 15 is 0 Å². The van der Waals surface area contributed by atoms with Gasteiger partial charge in [0.05, 0.1) is 17.3 Å². The number of para-hydroxylation sites is 1. The van der Waals surface area contributed by atoms with Crippen molar-refractivity contribution in [2.75, 3.05) is 12.4 Å². The van der Waals surface area contributed by atoms with Crippen LogP contribution in [0.2, 0.25) is 0 Å². The third-order valence-electron chi connectivity index (χ3n) is 4.56. The van der Waals surface area contributed by atoms with Crippen molar-refractivity contribution in [1.82, 2.24) is 0 Å². The second-order valence-electron chi connectivity index (χ2n) is 6.44. The molecule has 0 saturated heterocycles. The molecule has 30 heavy (non-hydrogen) atoms. The molecule has 4 rings (SSSR count). The van der Waals surface area contributed by atoms with Gasteiger partial charge in [-0.15, -0.1) is 0 Å². The van der Waals surface area contributed by atoms with Crippen LogP contribution in [0.3, 0.4) is 0 Å². The molecule has 0 radical (unpaired) electrons. The zero-order chi connectivity index (χ0) is 21.3. The summed E-state index contributed by atoms with van der Waals surface area (Å²) in [6.07, 6.45) is 0. The highest BCUT2D eigenvalue weighted by atomic mass is 79.9. The highest BCUT2D eigenvalue weighted by molar-refractivity contribution is 9.10. The van der Waals surface area contributed by atoms with Crippen LogP contribution in [0.5, 0.6) is 5.75 Å². The number of nitrogens with one attached hydrogen (secondary N) is 1. The molecule has 1 aromatic heterocycles. The Morgan fingerprint density at radius 3 is 2.40 bits per heavy atom. The highest BCUT2D eigenvalue weighted by Gasteiger charge is 2.24. The zero-order valence-electron chi connectivity index (χ0n) is 15.7. The van der Waals surface area contributed by atoms with Crippen LogP contribution >= 0.6 is 15.9 Å². The first-order chi connectivity index (χ1) is 14.5. The predicted octanol–water partition coefficient (Wildman–Crippen LogP) is 5.83. The number of methoxy groups -OCH3 is 1. The summed E-state index contributed by atoms with van der Waals surface area (Å²) in [6.45, 7) is 0. The maximum atomic E-state index is 13.2.